The van der Waals surface area contributed by atoms with Crippen LogP contribution >= 0.6 is 0 Å². The number of rotatable bonds is 6. The molecule has 0 spiro atoms. The lowest BCUT2D eigenvalue weighted by Gasteiger charge is -2.00. The molecule has 0 saturated carbocycles. The first kappa shape index (κ1) is 16.4. The number of nitrogens with two attached hydrogens (primary N) is 1. The first-order valence-corrected chi connectivity index (χ1v) is 7.62. The van der Waals surface area contributed by atoms with Gasteiger partial charge in [0.1, 0.15) is 0 Å². The number of benzene rings is 1. The summed E-state index contributed by atoms with van der Waals surface area (Å²) >= 11 is 0. The Labute approximate surface area is 120 Å². The number of hydrogen-bond donors (Lipinski definition) is 2. The van der Waals surface area contributed by atoms with Crippen molar-refractivity contribution in [3.8, 4) is 0 Å². The van der Waals surface area contributed by atoms with E-state index in [2.05, 4.69) is 11.3 Å². The van der Waals surface area contributed by atoms with E-state index in [1.54, 1.807) is 6.07 Å². The first-order chi connectivity index (χ1) is 9.43. The van der Waals surface area contributed by atoms with Crippen LogP contribution in [0, 0.1) is 5.82 Å². The summed E-state index contributed by atoms with van der Waals surface area (Å²) in [5.41, 5.74) is 6.34. The minimum Gasteiger partial charge on any atom is -0.512 e. The molecule has 1 atom stereocenters. The van der Waals surface area contributed by atoms with Crippen LogP contribution in [-0.2, 0) is 21.6 Å². The molecule has 0 amide bonds. The van der Waals surface area contributed by atoms with Crippen molar-refractivity contribution >= 4 is 16.8 Å². The zero-order valence-electron chi connectivity index (χ0n) is 11.6. The molecule has 1 aromatic rings. The Morgan fingerprint density at radius 1 is 1.55 bits per heavy atom. The lowest BCUT2D eigenvalue weighted by atomic mass is 10.1. The quantitative estimate of drug-likeness (QED) is 0.279. The van der Waals surface area contributed by atoms with Gasteiger partial charge >= 0.3 is 0 Å². The van der Waals surface area contributed by atoms with Crippen molar-refractivity contribution in [3.05, 3.63) is 41.4 Å². The normalized spacial score (nSPS) is 14.3. The molecule has 1 aromatic carbocycles. The summed E-state index contributed by atoms with van der Waals surface area (Å²) < 4.78 is 29.5. The molecule has 1 unspecified atom stereocenters. The third-order valence-corrected chi connectivity index (χ3v) is 3.79. The molecule has 0 aliphatic rings. The predicted octanol–water partition coefficient (Wildman–Crippen LogP) is 2.96. The van der Waals surface area contributed by atoms with Crippen molar-refractivity contribution in [1.29, 1.82) is 0 Å². The summed E-state index contributed by atoms with van der Waals surface area (Å²) in [7, 11) is -2.31. The lowest BCUT2D eigenvalue weighted by molar-refractivity contribution is 0.415. The molecule has 110 valence electrons. The van der Waals surface area contributed by atoms with Gasteiger partial charge in [-0.15, -0.1) is 0 Å². The minimum atomic E-state index is -2.31. The highest BCUT2D eigenvalue weighted by molar-refractivity contribution is 7.83. The largest absolute Gasteiger partial charge is 0.512 e. The Morgan fingerprint density at radius 3 is 2.80 bits per heavy atom. The highest BCUT2D eigenvalue weighted by Crippen LogP contribution is 2.17. The van der Waals surface area contributed by atoms with Gasteiger partial charge in [0.25, 0.3) is 0 Å². The smallest absolute Gasteiger partial charge is 0.228 e. The SMILES string of the molecule is CCCCc1ccc([SH+](=O)/N=C(N)/C=C(/C)O)c(F)c1. The molecule has 0 heterocycles. The summed E-state index contributed by atoms with van der Waals surface area (Å²) in [5.74, 6) is -0.688. The van der Waals surface area contributed by atoms with E-state index in [1.807, 2.05) is 0 Å². The van der Waals surface area contributed by atoms with Crippen molar-refractivity contribution in [1.82, 2.24) is 0 Å². The fourth-order valence-corrected chi connectivity index (χ4v) is 2.47. The number of nitrogens with zero attached hydrogens (tertiary/aromatic N) is 1. The van der Waals surface area contributed by atoms with Crippen molar-refractivity contribution < 1.29 is 13.7 Å². The van der Waals surface area contributed by atoms with E-state index < -0.39 is 16.8 Å². The van der Waals surface area contributed by atoms with Crippen LogP contribution in [0.1, 0.15) is 32.3 Å². The molecular weight excluding hydrogens is 279 g/mol. The topological polar surface area (TPSA) is 75.7 Å². The van der Waals surface area contributed by atoms with E-state index in [-0.39, 0.29) is 16.5 Å². The second-order valence-electron chi connectivity index (χ2n) is 4.47. The Morgan fingerprint density at radius 2 is 2.25 bits per heavy atom. The standard InChI is InChI=1S/C14H19FN2O2S/c1-3-4-5-11-6-7-13(12(15)9-11)20(19)17-14(16)8-10(2)18/h6-9,18H,3-5H2,1-2H3,(H2,16,17,19)/p+1/b10-8-. The van der Waals surface area contributed by atoms with Gasteiger partial charge in [-0.3, -0.25) is 0 Å². The molecule has 3 N–H and O–H groups in total. The van der Waals surface area contributed by atoms with Gasteiger partial charge in [0.15, 0.2) is 11.7 Å². The summed E-state index contributed by atoms with van der Waals surface area (Å²) in [6.07, 6.45) is 3.98. The maximum Gasteiger partial charge on any atom is 0.228 e. The maximum atomic E-state index is 13.9. The third kappa shape index (κ3) is 5.13. The van der Waals surface area contributed by atoms with E-state index in [0.717, 1.165) is 24.8 Å². The number of thiol groups is 1. The van der Waals surface area contributed by atoms with Gasteiger partial charge in [-0.05, 0) is 41.9 Å². The molecule has 0 bridgehead atoms. The van der Waals surface area contributed by atoms with Crippen LogP contribution in [-0.4, -0.2) is 10.9 Å². The maximum absolute atomic E-state index is 13.9. The third-order valence-electron chi connectivity index (χ3n) is 2.60. The summed E-state index contributed by atoms with van der Waals surface area (Å²) in [6.45, 7) is 3.48. The average molecular weight is 299 g/mol. The predicted molar refractivity (Wildman–Crippen MR) is 80.7 cm³/mol. The number of aliphatic hydroxyl groups is 1. The molecule has 0 saturated heterocycles. The van der Waals surface area contributed by atoms with Crippen LogP contribution in [0.2, 0.25) is 0 Å². The van der Waals surface area contributed by atoms with Crippen LogP contribution in [0.15, 0.2) is 39.3 Å². The molecular formula is C14H20FN2O2S+. The lowest BCUT2D eigenvalue weighted by Crippen LogP contribution is -2.10. The highest BCUT2D eigenvalue weighted by atomic mass is 32.2. The van der Waals surface area contributed by atoms with E-state index in [1.165, 1.54) is 25.1 Å². The van der Waals surface area contributed by atoms with Gasteiger partial charge in [-0.1, -0.05) is 23.6 Å². The summed E-state index contributed by atoms with van der Waals surface area (Å²) in [6, 6.07) is 4.61. The molecule has 20 heavy (non-hydrogen) atoms. The van der Waals surface area contributed by atoms with Gasteiger partial charge in [-0.25, -0.2) is 4.39 Å². The van der Waals surface area contributed by atoms with Crippen LogP contribution in [0.4, 0.5) is 4.39 Å². The number of aliphatic hydroxyl groups excluding tert-OH is 1. The Bertz CT molecular complexity index is 552. The molecule has 1 rings (SSSR count). The molecule has 0 radical (unpaired) electrons. The van der Waals surface area contributed by atoms with Crippen LogP contribution in [0.3, 0.4) is 0 Å². The molecule has 0 aliphatic heterocycles. The van der Waals surface area contributed by atoms with Crippen molar-refractivity contribution in [2.45, 2.75) is 38.0 Å². The number of amidine groups is 1. The molecule has 0 aliphatic carbocycles. The Balaban J connectivity index is 2.92. The summed E-state index contributed by atoms with van der Waals surface area (Å²) in [4.78, 5) is 0.0205. The van der Waals surface area contributed by atoms with Crippen molar-refractivity contribution in [3.63, 3.8) is 0 Å². The number of halogens is 1. The Kier molecular flexibility index (Phi) is 6.38. The Hall–Kier alpha value is -1.69. The molecule has 4 nitrogen and oxygen atoms in total. The number of unbranched alkanes of at least 4 members (excludes halogenated alkanes) is 1. The monoisotopic (exact) mass is 299 g/mol. The van der Waals surface area contributed by atoms with Crippen molar-refractivity contribution in [2.24, 2.45) is 10.1 Å². The average Bonchev–Trinajstić information content (AvgIpc) is 2.35. The van der Waals surface area contributed by atoms with Crippen LogP contribution in [0.5, 0.6) is 0 Å². The van der Waals surface area contributed by atoms with E-state index in [9.17, 15) is 8.60 Å². The minimum absolute atomic E-state index is 0.0205. The fraction of sp³-hybridized carbons (Fsp3) is 0.357. The highest BCUT2D eigenvalue weighted by Gasteiger charge is 2.16. The van der Waals surface area contributed by atoms with Gasteiger partial charge in [0.05, 0.1) is 5.76 Å². The van der Waals surface area contributed by atoms with Gasteiger partial charge in [-0.2, -0.15) is 0 Å². The molecule has 6 heteroatoms. The first-order valence-electron chi connectivity index (χ1n) is 6.41. The van der Waals surface area contributed by atoms with Gasteiger partial charge in [0, 0.05) is 6.08 Å². The zero-order valence-corrected chi connectivity index (χ0v) is 12.5. The van der Waals surface area contributed by atoms with Gasteiger partial charge in [0.2, 0.25) is 15.9 Å². The number of aryl methyl sites for hydroxylation is 1. The number of allylic oxidation sites excluding steroid dienone is 1. The number of hydrogen-bond acceptors (Lipinski definition) is 2. The second-order valence-corrected chi connectivity index (χ2v) is 5.70. The molecule has 0 aromatic heterocycles. The van der Waals surface area contributed by atoms with E-state index in [0.29, 0.717) is 0 Å². The van der Waals surface area contributed by atoms with E-state index in [4.69, 9.17) is 10.8 Å². The fourth-order valence-electron chi connectivity index (χ4n) is 1.64. The molecule has 0 fully saturated rings. The summed E-state index contributed by atoms with van der Waals surface area (Å²) in [5, 5.41) is 9.01. The second kappa shape index (κ2) is 7.79. The van der Waals surface area contributed by atoms with Crippen molar-refractivity contribution in [2.75, 3.05) is 0 Å². The van der Waals surface area contributed by atoms with E-state index >= 15 is 0 Å². The zero-order chi connectivity index (χ0) is 15.1. The van der Waals surface area contributed by atoms with Crippen LogP contribution < -0.4 is 5.73 Å². The van der Waals surface area contributed by atoms with Crippen LogP contribution in [0.25, 0.3) is 0 Å². The van der Waals surface area contributed by atoms with Gasteiger partial charge < -0.3 is 10.8 Å².